The highest BCUT2D eigenvalue weighted by molar-refractivity contribution is 6.10. The molecule has 2 atom stereocenters. The minimum absolute atomic E-state index is 0.196. The van der Waals surface area contributed by atoms with Crippen molar-refractivity contribution in [1.29, 1.82) is 0 Å². The van der Waals surface area contributed by atoms with Crippen molar-refractivity contribution in [1.82, 2.24) is 20.0 Å². The van der Waals surface area contributed by atoms with Crippen molar-refractivity contribution in [2.24, 2.45) is 0 Å². The quantitative estimate of drug-likeness (QED) is 0.387. The topological polar surface area (TPSA) is 110 Å². The van der Waals surface area contributed by atoms with Crippen LogP contribution < -0.4 is 5.32 Å². The lowest BCUT2D eigenvalue weighted by Crippen LogP contribution is -2.51. The molecule has 0 bridgehead atoms. The minimum Gasteiger partial charge on any atom is -0.465 e. The third kappa shape index (κ3) is 5.19. The Morgan fingerprint density at radius 1 is 1.12 bits per heavy atom. The molecule has 0 radical (unpaired) electrons. The molecule has 1 fully saturated rings. The molecule has 1 spiro atoms. The van der Waals surface area contributed by atoms with E-state index in [9.17, 15) is 41.8 Å². The first-order valence-corrected chi connectivity index (χ1v) is 13.4. The lowest BCUT2D eigenvalue weighted by Gasteiger charge is -2.32. The van der Waals surface area contributed by atoms with Crippen molar-refractivity contribution in [3.8, 4) is 0 Å². The third-order valence-corrected chi connectivity index (χ3v) is 8.21. The molecule has 3 aliphatic rings. The largest absolute Gasteiger partial charge is 0.465 e. The average Bonchev–Trinajstić information content (AvgIpc) is 3.44. The van der Waals surface area contributed by atoms with Crippen molar-refractivity contribution in [3.05, 3.63) is 76.6 Å². The lowest BCUT2D eigenvalue weighted by atomic mass is 9.88. The smallest absolute Gasteiger partial charge is 0.408 e. The van der Waals surface area contributed by atoms with Gasteiger partial charge in [-0.25, -0.2) is 14.0 Å². The Balaban J connectivity index is 1.39. The van der Waals surface area contributed by atoms with E-state index in [1.165, 1.54) is 17.0 Å². The van der Waals surface area contributed by atoms with E-state index in [2.05, 4.69) is 5.32 Å². The summed E-state index contributed by atoms with van der Waals surface area (Å²) < 4.78 is 54.4. The molecule has 0 aromatic heterocycles. The maximum atomic E-state index is 13.8. The average molecular weight is 589 g/mol. The Hall–Kier alpha value is -4.42. The summed E-state index contributed by atoms with van der Waals surface area (Å²) in [4.78, 5) is 53.8. The summed E-state index contributed by atoms with van der Waals surface area (Å²) in [5.41, 5.74) is 1.90. The Morgan fingerprint density at radius 3 is 2.45 bits per heavy atom. The first kappa shape index (κ1) is 29.1. The van der Waals surface area contributed by atoms with Crippen LogP contribution in [0.1, 0.15) is 42.0 Å². The van der Waals surface area contributed by atoms with Gasteiger partial charge >= 0.3 is 18.3 Å². The van der Waals surface area contributed by atoms with Crippen LogP contribution in [0.2, 0.25) is 0 Å². The molecule has 0 saturated carbocycles. The summed E-state index contributed by atoms with van der Waals surface area (Å²) in [5, 5.41) is 11.9. The monoisotopic (exact) mass is 588 g/mol. The van der Waals surface area contributed by atoms with E-state index in [1.54, 1.807) is 12.1 Å². The molecular formula is C29H28F4N4O5. The van der Waals surface area contributed by atoms with Gasteiger partial charge in [0.15, 0.2) is 0 Å². The van der Waals surface area contributed by atoms with Crippen LogP contribution in [0.3, 0.4) is 0 Å². The summed E-state index contributed by atoms with van der Waals surface area (Å²) in [6.07, 6.45) is -2.90. The number of urea groups is 1. The van der Waals surface area contributed by atoms with Crippen molar-refractivity contribution in [2.45, 2.75) is 50.5 Å². The molecule has 5 rings (SSSR count). The molecule has 13 heteroatoms. The standard InChI is InChI=1S/C29H28F4N4O5/c1-17(29(31,32)33)36(15-18-5-7-20(30)8-6-18)24(38)16-37-25(39)28(34-26(37)40)12-9-22-21(3-2-4-23(22)28)19-10-13-35(14-11-19)27(41)42/h2-8,10,17H,9,11-16H2,1H3,(H,34,40)(H,41,42)/t17-,28?/m0/s1. The molecule has 2 heterocycles. The van der Waals surface area contributed by atoms with Crippen LogP contribution in [-0.2, 0) is 28.1 Å². The number of carbonyl (C=O) groups excluding carboxylic acids is 3. The van der Waals surface area contributed by atoms with Crippen molar-refractivity contribution >= 4 is 29.5 Å². The van der Waals surface area contributed by atoms with Gasteiger partial charge in [0.2, 0.25) is 5.91 Å². The highest BCUT2D eigenvalue weighted by atomic mass is 19.4. The number of amides is 5. The third-order valence-electron chi connectivity index (χ3n) is 8.21. The zero-order chi connectivity index (χ0) is 30.4. The van der Waals surface area contributed by atoms with Gasteiger partial charge in [-0.1, -0.05) is 36.4 Å². The van der Waals surface area contributed by atoms with Crippen LogP contribution in [-0.4, -0.2) is 75.6 Å². The van der Waals surface area contributed by atoms with Gasteiger partial charge in [0.25, 0.3) is 5.91 Å². The number of alkyl halides is 3. The Bertz CT molecular complexity index is 1480. The van der Waals surface area contributed by atoms with Gasteiger partial charge in [-0.3, -0.25) is 14.5 Å². The van der Waals surface area contributed by atoms with E-state index in [1.807, 2.05) is 12.1 Å². The number of nitrogens with zero attached hydrogens (tertiary/aromatic N) is 3. The summed E-state index contributed by atoms with van der Waals surface area (Å²) in [6, 6.07) is 6.83. The van der Waals surface area contributed by atoms with Crippen molar-refractivity contribution in [2.75, 3.05) is 19.6 Å². The molecule has 9 nitrogen and oxygen atoms in total. The van der Waals surface area contributed by atoms with Crippen molar-refractivity contribution < 1.29 is 41.8 Å². The van der Waals surface area contributed by atoms with Gasteiger partial charge in [0.1, 0.15) is 23.9 Å². The summed E-state index contributed by atoms with van der Waals surface area (Å²) in [5.74, 6) is -2.41. The maximum absolute atomic E-state index is 13.8. The number of fused-ring (bicyclic) bond motifs is 2. The highest BCUT2D eigenvalue weighted by Gasteiger charge is 2.56. The molecular weight excluding hydrogens is 560 g/mol. The first-order chi connectivity index (χ1) is 19.8. The second-order valence-corrected chi connectivity index (χ2v) is 10.6. The predicted molar refractivity (Wildman–Crippen MR) is 141 cm³/mol. The molecule has 2 N–H and O–H groups in total. The number of carboxylic acid groups (broad SMARTS) is 1. The van der Waals surface area contributed by atoms with Crippen LogP contribution in [0.4, 0.5) is 27.2 Å². The van der Waals surface area contributed by atoms with Crippen LogP contribution in [0, 0.1) is 5.82 Å². The van der Waals surface area contributed by atoms with Crippen molar-refractivity contribution in [3.63, 3.8) is 0 Å². The zero-order valence-electron chi connectivity index (χ0n) is 22.6. The number of hydrogen-bond acceptors (Lipinski definition) is 4. The fraction of sp³-hybridized carbons (Fsp3) is 0.379. The Morgan fingerprint density at radius 2 is 1.83 bits per heavy atom. The molecule has 2 aromatic rings. The maximum Gasteiger partial charge on any atom is 0.408 e. The van der Waals surface area contributed by atoms with E-state index >= 15 is 0 Å². The fourth-order valence-electron chi connectivity index (χ4n) is 5.84. The van der Waals surface area contributed by atoms with E-state index in [0.29, 0.717) is 34.7 Å². The predicted octanol–water partition coefficient (Wildman–Crippen LogP) is 4.27. The highest BCUT2D eigenvalue weighted by Crippen LogP contribution is 2.44. The number of rotatable bonds is 6. The van der Waals surface area contributed by atoms with E-state index < -0.39 is 60.6 Å². The number of hydrogen-bond donors (Lipinski definition) is 2. The molecule has 1 aliphatic carbocycles. The van der Waals surface area contributed by atoms with Crippen LogP contribution in [0.25, 0.3) is 5.57 Å². The SMILES string of the molecule is C[C@H](N(Cc1ccc(F)cc1)C(=O)CN1C(=O)NC2(CCc3c(C4=CCN(C(=O)O)CC4)cccc32)C1=O)C(F)(F)F. The zero-order valence-corrected chi connectivity index (χ0v) is 22.6. The van der Waals surface area contributed by atoms with Crippen LogP contribution in [0.15, 0.2) is 48.5 Å². The van der Waals surface area contributed by atoms with Gasteiger partial charge in [-0.05, 0) is 66.1 Å². The van der Waals surface area contributed by atoms with Gasteiger partial charge < -0.3 is 20.2 Å². The van der Waals surface area contributed by atoms with Crippen LogP contribution >= 0.6 is 0 Å². The molecule has 2 aromatic carbocycles. The number of benzene rings is 2. The summed E-state index contributed by atoms with van der Waals surface area (Å²) in [6.45, 7) is -0.0737. The van der Waals surface area contributed by atoms with E-state index in [0.717, 1.165) is 35.8 Å². The normalized spacial score (nSPS) is 20.8. The Labute approximate surface area is 238 Å². The van der Waals surface area contributed by atoms with E-state index in [4.69, 9.17) is 0 Å². The molecule has 1 saturated heterocycles. The Kier molecular flexibility index (Phi) is 7.46. The summed E-state index contributed by atoms with van der Waals surface area (Å²) >= 11 is 0. The minimum atomic E-state index is -4.79. The summed E-state index contributed by atoms with van der Waals surface area (Å²) in [7, 11) is 0. The van der Waals surface area contributed by atoms with Gasteiger partial charge in [0.05, 0.1) is 0 Å². The lowest BCUT2D eigenvalue weighted by molar-refractivity contribution is -0.187. The van der Waals surface area contributed by atoms with Gasteiger partial charge in [-0.2, -0.15) is 13.2 Å². The van der Waals surface area contributed by atoms with Gasteiger partial charge in [-0.15, -0.1) is 0 Å². The molecule has 5 amide bonds. The molecule has 1 unspecified atom stereocenters. The number of halogens is 4. The second kappa shape index (κ2) is 10.8. The number of nitrogens with one attached hydrogen (secondary N) is 1. The second-order valence-electron chi connectivity index (χ2n) is 10.6. The van der Waals surface area contributed by atoms with Crippen LogP contribution in [0.5, 0.6) is 0 Å². The first-order valence-electron chi connectivity index (χ1n) is 13.4. The van der Waals surface area contributed by atoms with E-state index in [-0.39, 0.29) is 18.5 Å². The fourth-order valence-corrected chi connectivity index (χ4v) is 5.84. The molecule has 2 aliphatic heterocycles. The number of imide groups is 1. The molecule has 42 heavy (non-hydrogen) atoms. The van der Waals surface area contributed by atoms with Gasteiger partial charge in [0, 0.05) is 19.6 Å². The molecule has 222 valence electrons. The number of carbonyl (C=O) groups is 4.